The number of rotatable bonds is 4. The van der Waals surface area contributed by atoms with Gasteiger partial charge in [0.1, 0.15) is 0 Å². The van der Waals surface area contributed by atoms with Gasteiger partial charge in [-0.25, -0.2) is 9.50 Å². The van der Waals surface area contributed by atoms with E-state index < -0.39 is 0 Å². The molecule has 0 saturated carbocycles. The largest absolute Gasteiger partial charge is 0.379 e. The number of amides is 1. The molecule has 2 saturated heterocycles. The zero-order chi connectivity index (χ0) is 17.1. The van der Waals surface area contributed by atoms with Gasteiger partial charge in [0.05, 0.1) is 25.5 Å². The number of ether oxygens (including phenoxy) is 1. The third-order valence-electron chi connectivity index (χ3n) is 5.06. The lowest BCUT2D eigenvalue weighted by molar-refractivity contribution is -0.132. The number of nitrogens with zero attached hydrogens (tertiary/aromatic N) is 5. The van der Waals surface area contributed by atoms with Crippen molar-refractivity contribution in [1.82, 2.24) is 24.4 Å². The molecule has 2 aromatic heterocycles. The summed E-state index contributed by atoms with van der Waals surface area (Å²) in [6.45, 7) is 5.38. The van der Waals surface area contributed by atoms with Crippen LogP contribution in [0.25, 0.3) is 5.65 Å². The molecular formula is C18H25N5O2. The lowest BCUT2D eigenvalue weighted by Gasteiger charge is -2.25. The molecule has 0 spiro atoms. The van der Waals surface area contributed by atoms with Gasteiger partial charge in [0.15, 0.2) is 5.65 Å². The minimum atomic E-state index is 0.232. The molecular weight excluding hydrogens is 318 g/mol. The molecule has 0 aliphatic carbocycles. The molecule has 7 heteroatoms. The lowest BCUT2D eigenvalue weighted by atomic mass is 10.0. The maximum absolute atomic E-state index is 12.6. The maximum atomic E-state index is 12.6. The summed E-state index contributed by atoms with van der Waals surface area (Å²) in [7, 11) is 0. The molecule has 0 radical (unpaired) electrons. The van der Waals surface area contributed by atoms with E-state index in [9.17, 15) is 4.79 Å². The summed E-state index contributed by atoms with van der Waals surface area (Å²) >= 11 is 0. The molecule has 0 unspecified atom stereocenters. The first-order valence-electron chi connectivity index (χ1n) is 9.15. The summed E-state index contributed by atoms with van der Waals surface area (Å²) in [5, 5.41) is 4.60. The van der Waals surface area contributed by atoms with Crippen LogP contribution in [0.3, 0.4) is 0 Å². The summed E-state index contributed by atoms with van der Waals surface area (Å²) in [6.07, 6.45) is 6.83. The molecule has 0 N–H and O–H groups in total. The fourth-order valence-corrected chi connectivity index (χ4v) is 3.72. The second-order valence-corrected chi connectivity index (χ2v) is 7.02. The zero-order valence-electron chi connectivity index (χ0n) is 14.5. The molecule has 2 aliphatic heterocycles. The summed E-state index contributed by atoms with van der Waals surface area (Å²) in [5.74, 6) is 0.508. The topological polar surface area (TPSA) is 63.0 Å². The van der Waals surface area contributed by atoms with E-state index in [1.54, 1.807) is 10.7 Å². The van der Waals surface area contributed by atoms with E-state index in [2.05, 4.69) is 15.0 Å². The Hall–Kier alpha value is -1.99. The summed E-state index contributed by atoms with van der Waals surface area (Å²) in [5.41, 5.74) is 1.86. The van der Waals surface area contributed by atoms with Crippen LogP contribution >= 0.6 is 0 Å². The van der Waals surface area contributed by atoms with Gasteiger partial charge in [-0.05, 0) is 44.5 Å². The predicted molar refractivity (Wildman–Crippen MR) is 93.3 cm³/mol. The van der Waals surface area contributed by atoms with Gasteiger partial charge in [-0.1, -0.05) is 0 Å². The minimum absolute atomic E-state index is 0.232. The molecule has 2 aromatic rings. The van der Waals surface area contributed by atoms with E-state index in [1.165, 1.54) is 12.8 Å². The fourth-order valence-electron chi connectivity index (χ4n) is 3.72. The van der Waals surface area contributed by atoms with Crippen LogP contribution in [0.5, 0.6) is 0 Å². The standard InChI is InChI=1S/C18H25N5O2/c24-18(13-21-6-1-2-7-21)22-9-10-25-14-15(12-22)11-16-3-4-17-19-5-8-23(17)20-16/h3-5,8,15H,1-2,6-7,9-14H2/t15-/m0/s1. The van der Waals surface area contributed by atoms with Crippen molar-refractivity contribution in [3.63, 3.8) is 0 Å². The number of aromatic nitrogens is 3. The normalized spacial score (nSPS) is 22.4. The molecule has 134 valence electrons. The lowest BCUT2D eigenvalue weighted by Crippen LogP contribution is -2.42. The monoisotopic (exact) mass is 343 g/mol. The number of imidazole rings is 1. The maximum Gasteiger partial charge on any atom is 0.236 e. The van der Waals surface area contributed by atoms with E-state index in [1.807, 2.05) is 23.2 Å². The molecule has 0 bridgehead atoms. The second-order valence-electron chi connectivity index (χ2n) is 7.02. The highest BCUT2D eigenvalue weighted by Crippen LogP contribution is 2.15. The van der Waals surface area contributed by atoms with E-state index in [0.717, 1.165) is 37.4 Å². The molecule has 7 nitrogen and oxygen atoms in total. The highest BCUT2D eigenvalue weighted by atomic mass is 16.5. The van der Waals surface area contributed by atoms with Crippen LogP contribution < -0.4 is 0 Å². The van der Waals surface area contributed by atoms with Crippen molar-refractivity contribution in [1.29, 1.82) is 0 Å². The summed E-state index contributed by atoms with van der Waals surface area (Å²) in [4.78, 5) is 21.1. The first kappa shape index (κ1) is 16.5. The molecule has 2 fully saturated rings. The van der Waals surface area contributed by atoms with Gasteiger partial charge in [0, 0.05) is 31.4 Å². The minimum Gasteiger partial charge on any atom is -0.379 e. The van der Waals surface area contributed by atoms with Crippen LogP contribution in [-0.4, -0.2) is 76.2 Å². The van der Waals surface area contributed by atoms with Gasteiger partial charge in [0.2, 0.25) is 5.91 Å². The first-order valence-corrected chi connectivity index (χ1v) is 9.15. The Morgan fingerprint density at radius 3 is 3.00 bits per heavy atom. The van der Waals surface area contributed by atoms with Crippen LogP contribution in [0.4, 0.5) is 0 Å². The molecule has 2 aliphatic rings. The third kappa shape index (κ3) is 3.99. The molecule has 25 heavy (non-hydrogen) atoms. The molecule has 4 rings (SSSR count). The van der Waals surface area contributed by atoms with E-state index in [4.69, 9.17) is 4.74 Å². The van der Waals surface area contributed by atoms with Crippen molar-refractivity contribution in [2.24, 2.45) is 5.92 Å². The Bertz CT molecular complexity index is 725. The van der Waals surface area contributed by atoms with E-state index in [-0.39, 0.29) is 11.8 Å². The van der Waals surface area contributed by atoms with Gasteiger partial charge in [-0.3, -0.25) is 9.69 Å². The van der Waals surface area contributed by atoms with Crippen LogP contribution in [0.15, 0.2) is 24.5 Å². The Morgan fingerprint density at radius 1 is 1.24 bits per heavy atom. The van der Waals surface area contributed by atoms with Crippen LogP contribution in [0.1, 0.15) is 18.5 Å². The van der Waals surface area contributed by atoms with Crippen molar-refractivity contribution < 1.29 is 9.53 Å². The van der Waals surface area contributed by atoms with E-state index >= 15 is 0 Å². The highest BCUT2D eigenvalue weighted by Gasteiger charge is 2.25. The first-order chi connectivity index (χ1) is 12.3. The Labute approximate surface area is 147 Å². The number of carbonyl (C=O) groups is 1. The van der Waals surface area contributed by atoms with E-state index in [0.29, 0.717) is 26.3 Å². The van der Waals surface area contributed by atoms with Gasteiger partial charge in [0.25, 0.3) is 0 Å². The van der Waals surface area contributed by atoms with Crippen LogP contribution in [0, 0.1) is 5.92 Å². The summed E-state index contributed by atoms with van der Waals surface area (Å²) < 4.78 is 7.54. The van der Waals surface area contributed by atoms with Crippen molar-refractivity contribution in [2.75, 3.05) is 45.9 Å². The quantitative estimate of drug-likeness (QED) is 0.823. The zero-order valence-corrected chi connectivity index (χ0v) is 14.5. The summed E-state index contributed by atoms with van der Waals surface area (Å²) in [6, 6.07) is 4.00. The Morgan fingerprint density at radius 2 is 2.12 bits per heavy atom. The number of carbonyl (C=O) groups excluding carboxylic acids is 1. The number of fused-ring (bicyclic) bond motifs is 1. The van der Waals surface area contributed by atoms with Crippen LogP contribution in [0.2, 0.25) is 0 Å². The molecule has 1 atom stereocenters. The third-order valence-corrected chi connectivity index (χ3v) is 5.06. The smallest absolute Gasteiger partial charge is 0.236 e. The average Bonchev–Trinajstić information content (AvgIpc) is 3.23. The van der Waals surface area contributed by atoms with Gasteiger partial charge < -0.3 is 9.64 Å². The van der Waals surface area contributed by atoms with Crippen molar-refractivity contribution in [2.45, 2.75) is 19.3 Å². The second kappa shape index (κ2) is 7.49. The molecule has 0 aromatic carbocycles. The molecule has 1 amide bonds. The Kier molecular flexibility index (Phi) is 4.94. The average molecular weight is 343 g/mol. The van der Waals surface area contributed by atoms with Crippen molar-refractivity contribution >= 4 is 11.6 Å². The number of hydrogen-bond acceptors (Lipinski definition) is 5. The van der Waals surface area contributed by atoms with Gasteiger partial charge >= 0.3 is 0 Å². The van der Waals surface area contributed by atoms with Crippen molar-refractivity contribution in [3.8, 4) is 0 Å². The molecule has 4 heterocycles. The predicted octanol–water partition coefficient (Wildman–Crippen LogP) is 0.843. The van der Waals surface area contributed by atoms with Gasteiger partial charge in [-0.2, -0.15) is 5.10 Å². The fraction of sp³-hybridized carbons (Fsp3) is 0.611. The SMILES string of the molecule is O=C(CN1CCCC1)N1CCOC[C@@H](Cc2ccc3nccn3n2)C1. The van der Waals surface area contributed by atoms with Crippen molar-refractivity contribution in [3.05, 3.63) is 30.2 Å². The Balaban J connectivity index is 1.39. The van der Waals surface area contributed by atoms with Gasteiger partial charge in [-0.15, -0.1) is 0 Å². The van der Waals surface area contributed by atoms with Crippen LogP contribution in [-0.2, 0) is 16.0 Å². The number of hydrogen-bond donors (Lipinski definition) is 0. The highest BCUT2D eigenvalue weighted by molar-refractivity contribution is 5.78. The number of likely N-dealkylation sites (tertiary alicyclic amines) is 1.